The van der Waals surface area contributed by atoms with Gasteiger partial charge in [0.25, 0.3) is 0 Å². The summed E-state index contributed by atoms with van der Waals surface area (Å²) in [6.07, 6.45) is 29.7. The molecular formula is C44H63O6P. The second kappa shape index (κ2) is 20.2. The number of aliphatic hydroxyl groups excluding tert-OH is 1. The van der Waals surface area contributed by atoms with E-state index in [0.717, 1.165) is 34.3 Å². The molecule has 0 aromatic heterocycles. The van der Waals surface area contributed by atoms with Gasteiger partial charge in [0.15, 0.2) is 5.78 Å². The van der Waals surface area contributed by atoms with E-state index >= 15 is 0 Å². The van der Waals surface area contributed by atoms with Gasteiger partial charge in [0.05, 0.1) is 19.3 Å². The predicted molar refractivity (Wildman–Crippen MR) is 214 cm³/mol. The fourth-order valence-electron chi connectivity index (χ4n) is 6.52. The zero-order valence-corrected chi connectivity index (χ0v) is 34.1. The highest BCUT2D eigenvalue weighted by Crippen LogP contribution is 2.54. The van der Waals surface area contributed by atoms with Crippen molar-refractivity contribution in [2.75, 3.05) is 13.2 Å². The molecule has 2 aliphatic carbocycles. The number of rotatable bonds is 16. The van der Waals surface area contributed by atoms with Gasteiger partial charge in [-0.15, -0.1) is 0 Å². The van der Waals surface area contributed by atoms with E-state index in [0.29, 0.717) is 18.4 Å². The van der Waals surface area contributed by atoms with Crippen LogP contribution in [0.1, 0.15) is 102 Å². The van der Waals surface area contributed by atoms with Crippen molar-refractivity contribution in [2.24, 2.45) is 10.8 Å². The van der Waals surface area contributed by atoms with Gasteiger partial charge in [-0.3, -0.25) is 18.4 Å². The number of Topliss-reactive ketones (excluding diaryl/α,β-unsaturated/α-hetero) is 1. The molecule has 0 fully saturated rings. The summed E-state index contributed by atoms with van der Waals surface area (Å²) < 4.78 is 29.6. The van der Waals surface area contributed by atoms with Gasteiger partial charge in [-0.05, 0) is 102 Å². The van der Waals surface area contributed by atoms with Gasteiger partial charge < -0.3 is 5.11 Å². The van der Waals surface area contributed by atoms with Crippen LogP contribution in [0.15, 0.2) is 130 Å². The molecule has 0 aromatic carbocycles. The molecule has 0 bridgehead atoms. The number of phosphoric acid groups is 1. The molecule has 0 saturated carbocycles. The number of carbonyl (C=O) groups excluding carboxylic acids is 1. The lowest BCUT2D eigenvalue weighted by Gasteiger charge is -2.38. The van der Waals surface area contributed by atoms with Crippen molar-refractivity contribution in [2.45, 2.75) is 115 Å². The second-order valence-corrected chi connectivity index (χ2v) is 16.5. The maximum Gasteiger partial charge on any atom is 0.475 e. The monoisotopic (exact) mass is 718 g/mol. The maximum atomic E-state index is 12.9. The molecule has 0 heterocycles. The van der Waals surface area contributed by atoms with Crippen molar-refractivity contribution in [3.8, 4) is 0 Å². The van der Waals surface area contributed by atoms with Gasteiger partial charge in [0.1, 0.15) is 6.10 Å². The summed E-state index contributed by atoms with van der Waals surface area (Å²) in [5, 5.41) is 10.1. The van der Waals surface area contributed by atoms with Crippen LogP contribution in [0.4, 0.5) is 0 Å². The van der Waals surface area contributed by atoms with Crippen LogP contribution in [-0.2, 0) is 22.9 Å². The van der Waals surface area contributed by atoms with Crippen molar-refractivity contribution in [1.29, 1.82) is 0 Å². The number of carbonyl (C=O) groups is 1. The van der Waals surface area contributed by atoms with Gasteiger partial charge in [0.2, 0.25) is 0 Å². The molecule has 0 spiro atoms. The highest BCUT2D eigenvalue weighted by Gasteiger charge is 2.38. The summed E-state index contributed by atoms with van der Waals surface area (Å²) in [5.41, 5.74) is 8.22. The fraction of sp³-hybridized carbons (Fsp3) is 0.477. The van der Waals surface area contributed by atoms with Crippen LogP contribution >= 0.6 is 7.82 Å². The molecule has 1 N–H and O–H groups in total. The number of ketones is 1. The van der Waals surface area contributed by atoms with E-state index in [2.05, 4.69) is 104 Å². The summed E-state index contributed by atoms with van der Waals surface area (Å²) in [7, 11) is -3.56. The highest BCUT2D eigenvalue weighted by atomic mass is 31.2. The van der Waals surface area contributed by atoms with Crippen molar-refractivity contribution in [3.63, 3.8) is 0 Å². The summed E-state index contributed by atoms with van der Waals surface area (Å²) >= 11 is 0. The van der Waals surface area contributed by atoms with Gasteiger partial charge in [-0.25, -0.2) is 4.57 Å². The first-order valence-corrected chi connectivity index (χ1v) is 19.6. The van der Waals surface area contributed by atoms with Crippen LogP contribution in [0.3, 0.4) is 0 Å². The smallest absolute Gasteiger partial charge is 0.385 e. The lowest BCUT2D eigenvalue weighted by atomic mass is 9.71. The Kier molecular flexibility index (Phi) is 17.5. The summed E-state index contributed by atoms with van der Waals surface area (Å²) in [6, 6.07) is 0. The lowest BCUT2D eigenvalue weighted by molar-refractivity contribution is -0.125. The topological polar surface area (TPSA) is 82.1 Å². The molecule has 280 valence electrons. The second-order valence-electron chi connectivity index (χ2n) is 14.9. The molecule has 2 rings (SSSR count). The minimum atomic E-state index is -3.56. The molecule has 0 saturated heterocycles. The first kappa shape index (κ1) is 44.0. The normalized spacial score (nSPS) is 23.1. The number of hydrogen-bond acceptors (Lipinski definition) is 6. The zero-order valence-electron chi connectivity index (χ0n) is 33.2. The molecule has 2 unspecified atom stereocenters. The van der Waals surface area contributed by atoms with Gasteiger partial charge in [-0.1, -0.05) is 141 Å². The van der Waals surface area contributed by atoms with Crippen molar-refractivity contribution < 1.29 is 28.0 Å². The molecule has 0 amide bonds. The Balaban J connectivity index is 1.96. The van der Waals surface area contributed by atoms with Crippen molar-refractivity contribution >= 4 is 13.6 Å². The third-order valence-electron chi connectivity index (χ3n) is 9.11. The SMILES string of the molecule is CCOP(=O)(OCC)OC1CC(C)=C(/C=C/C(C)=C/C=C/C(C)=C/C=C/C=C(C)/C=C/C=C(C)/C=C/C2=C(C)C(=O)C(O)CC2(C)C)C(C)(C)C1. The minimum absolute atomic E-state index is 0.149. The Morgan fingerprint density at radius 3 is 1.63 bits per heavy atom. The third kappa shape index (κ3) is 14.4. The van der Waals surface area contributed by atoms with Crippen LogP contribution in [0.2, 0.25) is 0 Å². The average molecular weight is 719 g/mol. The molecule has 0 aliphatic heterocycles. The average Bonchev–Trinajstić information content (AvgIpc) is 3.01. The first-order chi connectivity index (χ1) is 23.8. The van der Waals surface area contributed by atoms with Gasteiger partial charge >= 0.3 is 7.82 Å². The Hall–Kier alpha value is -3.12. The molecule has 2 atom stereocenters. The van der Waals surface area contributed by atoms with Crippen LogP contribution in [-0.4, -0.2) is 36.3 Å². The van der Waals surface area contributed by atoms with E-state index in [1.807, 2.05) is 43.4 Å². The molecule has 2 aliphatic rings. The minimum Gasteiger partial charge on any atom is -0.385 e. The first-order valence-electron chi connectivity index (χ1n) is 18.1. The Morgan fingerprint density at radius 2 is 1.16 bits per heavy atom. The number of hydrogen-bond donors (Lipinski definition) is 1. The Labute approximate surface area is 309 Å². The standard InChI is InChI=1S/C44H63O6P/c1-13-48-51(47,49-14-2)50-38-29-36(7)39(43(9,10)30-38)27-25-34(5)23-17-21-32(3)19-15-16-20-33(4)22-18-24-35(6)26-28-40-37(8)42(46)41(45)31-44(40,11)12/h15-28,38,41,45H,13-14,29-31H2,1-12H3/b16-15+,21-17+,22-18+,27-25+,28-26+,32-19+,33-20+,34-23+,35-24+. The summed E-state index contributed by atoms with van der Waals surface area (Å²) in [4.78, 5) is 12.3. The van der Waals surface area contributed by atoms with Crippen LogP contribution in [0.5, 0.6) is 0 Å². The van der Waals surface area contributed by atoms with Gasteiger partial charge in [0, 0.05) is 0 Å². The van der Waals surface area contributed by atoms with E-state index in [1.165, 1.54) is 11.1 Å². The van der Waals surface area contributed by atoms with E-state index in [1.54, 1.807) is 20.8 Å². The Bertz CT molecular complexity index is 1620. The van der Waals surface area contributed by atoms with E-state index in [4.69, 9.17) is 13.6 Å². The van der Waals surface area contributed by atoms with Crippen LogP contribution in [0.25, 0.3) is 0 Å². The lowest BCUT2D eigenvalue weighted by Crippen LogP contribution is -2.35. The van der Waals surface area contributed by atoms with E-state index < -0.39 is 13.9 Å². The van der Waals surface area contributed by atoms with Crippen molar-refractivity contribution in [3.05, 3.63) is 130 Å². The quantitative estimate of drug-likeness (QED) is 0.126. The predicted octanol–water partition coefficient (Wildman–Crippen LogP) is 11.9. The van der Waals surface area contributed by atoms with Crippen LogP contribution in [0, 0.1) is 10.8 Å². The van der Waals surface area contributed by atoms with Crippen molar-refractivity contribution in [1.82, 2.24) is 0 Å². The van der Waals surface area contributed by atoms with Crippen LogP contribution < -0.4 is 0 Å². The summed E-state index contributed by atoms with van der Waals surface area (Å²) in [6.45, 7) is 24.8. The molecule has 0 radical (unpaired) electrons. The number of allylic oxidation sites excluding steroid dienone is 20. The molecular weight excluding hydrogens is 655 g/mol. The highest BCUT2D eigenvalue weighted by molar-refractivity contribution is 7.48. The Morgan fingerprint density at radius 1 is 0.725 bits per heavy atom. The largest absolute Gasteiger partial charge is 0.475 e. The molecule has 0 aromatic rings. The summed E-state index contributed by atoms with van der Waals surface area (Å²) in [5.74, 6) is -0.173. The maximum absolute atomic E-state index is 12.9. The molecule has 51 heavy (non-hydrogen) atoms. The molecule has 7 heteroatoms. The fourth-order valence-corrected chi connectivity index (χ4v) is 7.86. The zero-order chi connectivity index (χ0) is 38.4. The number of aliphatic hydroxyl groups is 1. The third-order valence-corrected chi connectivity index (χ3v) is 10.8. The van der Waals surface area contributed by atoms with E-state index in [-0.39, 0.29) is 35.9 Å². The number of phosphoric ester groups is 1. The van der Waals surface area contributed by atoms with E-state index in [9.17, 15) is 14.5 Å². The van der Waals surface area contributed by atoms with Gasteiger partial charge in [-0.2, -0.15) is 0 Å². The molecule has 6 nitrogen and oxygen atoms in total.